The van der Waals surface area contributed by atoms with Crippen molar-refractivity contribution in [2.24, 2.45) is 5.73 Å². The Hall–Kier alpha value is -2.53. The fourth-order valence-electron chi connectivity index (χ4n) is 3.81. The van der Waals surface area contributed by atoms with Gasteiger partial charge in [-0.15, -0.1) is 0 Å². The number of carbonyl (C=O) groups excluding carboxylic acids is 1. The van der Waals surface area contributed by atoms with Crippen molar-refractivity contribution < 1.29 is 14.6 Å². The highest BCUT2D eigenvalue weighted by atomic mass is 16.5. The van der Waals surface area contributed by atoms with Crippen molar-refractivity contribution in [2.45, 2.75) is 37.1 Å². The number of aromatic hydroxyl groups is 1. The summed E-state index contributed by atoms with van der Waals surface area (Å²) in [5.74, 6) is -0.0478. The molecule has 0 saturated heterocycles. The monoisotopic (exact) mass is 354 g/mol. The van der Waals surface area contributed by atoms with Crippen LogP contribution in [0.1, 0.15) is 41.6 Å². The molecule has 0 unspecified atom stereocenters. The topological polar surface area (TPSA) is 84.6 Å². The summed E-state index contributed by atoms with van der Waals surface area (Å²) < 4.78 is 5.23. The second-order valence-electron chi connectivity index (χ2n) is 7.02. The molecule has 1 aliphatic carbocycles. The van der Waals surface area contributed by atoms with E-state index in [4.69, 9.17) is 10.5 Å². The van der Waals surface area contributed by atoms with Gasteiger partial charge in [0.1, 0.15) is 17.1 Å². The smallest absolute Gasteiger partial charge is 0.258 e. The van der Waals surface area contributed by atoms with Crippen LogP contribution in [-0.2, 0) is 5.41 Å². The number of ether oxygens (including phenoxy) is 1. The van der Waals surface area contributed by atoms with Crippen LogP contribution in [-0.4, -0.2) is 30.7 Å². The first-order valence-electron chi connectivity index (χ1n) is 9.01. The molecule has 1 saturated carbocycles. The number of methoxy groups -OCH3 is 1. The molecule has 2 aromatic rings. The Bertz CT molecular complexity index is 753. The van der Waals surface area contributed by atoms with Crippen molar-refractivity contribution in [3.05, 3.63) is 59.7 Å². The van der Waals surface area contributed by atoms with Gasteiger partial charge in [0.2, 0.25) is 0 Å². The minimum atomic E-state index is -0.329. The molecule has 1 fully saturated rings. The molecule has 0 aliphatic heterocycles. The molecule has 4 N–H and O–H groups in total. The largest absolute Gasteiger partial charge is 0.507 e. The lowest BCUT2D eigenvalue weighted by Gasteiger charge is -2.40. The SMILES string of the molecule is COc1cccc(O)c1C(=O)NCC1(c2ccccc2)CCC(N)CC1. The molecule has 0 heterocycles. The lowest BCUT2D eigenvalue weighted by Crippen LogP contribution is -2.45. The van der Waals surface area contributed by atoms with Gasteiger partial charge in [-0.05, 0) is 43.4 Å². The Morgan fingerprint density at radius 3 is 2.54 bits per heavy atom. The number of carbonyl (C=O) groups is 1. The van der Waals surface area contributed by atoms with E-state index in [0.717, 1.165) is 25.7 Å². The van der Waals surface area contributed by atoms with Gasteiger partial charge in [-0.2, -0.15) is 0 Å². The summed E-state index contributed by atoms with van der Waals surface area (Å²) in [7, 11) is 1.49. The van der Waals surface area contributed by atoms with Crippen molar-refractivity contribution >= 4 is 5.91 Å². The molecule has 0 aromatic heterocycles. The molecule has 1 aliphatic rings. The van der Waals surface area contributed by atoms with Crippen LogP contribution in [0.4, 0.5) is 0 Å². The number of nitrogens with two attached hydrogens (primary N) is 1. The molecule has 26 heavy (non-hydrogen) atoms. The summed E-state index contributed by atoms with van der Waals surface area (Å²) in [6.07, 6.45) is 3.72. The molecule has 0 bridgehead atoms. The highest BCUT2D eigenvalue weighted by Crippen LogP contribution is 2.39. The van der Waals surface area contributed by atoms with E-state index in [0.29, 0.717) is 12.3 Å². The maximum Gasteiger partial charge on any atom is 0.258 e. The van der Waals surface area contributed by atoms with Crippen molar-refractivity contribution in [3.8, 4) is 11.5 Å². The molecule has 0 atom stereocenters. The van der Waals surface area contributed by atoms with E-state index in [-0.39, 0.29) is 28.7 Å². The summed E-state index contributed by atoms with van der Waals surface area (Å²) >= 11 is 0. The van der Waals surface area contributed by atoms with Crippen molar-refractivity contribution in [2.75, 3.05) is 13.7 Å². The molecule has 3 rings (SSSR count). The van der Waals surface area contributed by atoms with E-state index >= 15 is 0 Å². The van der Waals surface area contributed by atoms with E-state index in [1.54, 1.807) is 12.1 Å². The molecule has 5 heteroatoms. The highest BCUT2D eigenvalue weighted by molar-refractivity contribution is 5.99. The Morgan fingerprint density at radius 1 is 1.19 bits per heavy atom. The average molecular weight is 354 g/mol. The number of rotatable bonds is 5. The summed E-state index contributed by atoms with van der Waals surface area (Å²) in [4.78, 5) is 12.7. The summed E-state index contributed by atoms with van der Waals surface area (Å²) in [5, 5.41) is 13.1. The summed E-state index contributed by atoms with van der Waals surface area (Å²) in [5.41, 5.74) is 7.36. The average Bonchev–Trinajstić information content (AvgIpc) is 2.68. The third-order valence-corrected chi connectivity index (χ3v) is 5.41. The van der Waals surface area contributed by atoms with Gasteiger partial charge >= 0.3 is 0 Å². The van der Waals surface area contributed by atoms with Crippen LogP contribution in [0, 0.1) is 0 Å². The number of benzene rings is 2. The molecule has 1 amide bonds. The number of hydrogen-bond donors (Lipinski definition) is 3. The van der Waals surface area contributed by atoms with Crippen LogP contribution < -0.4 is 15.8 Å². The Balaban J connectivity index is 1.82. The summed E-state index contributed by atoms with van der Waals surface area (Å²) in [6.45, 7) is 0.500. The fraction of sp³-hybridized carbons (Fsp3) is 0.381. The zero-order valence-electron chi connectivity index (χ0n) is 15.1. The highest BCUT2D eigenvalue weighted by Gasteiger charge is 2.36. The number of amides is 1. The zero-order chi connectivity index (χ0) is 18.6. The second-order valence-corrected chi connectivity index (χ2v) is 7.02. The van der Waals surface area contributed by atoms with Crippen LogP contribution in [0.5, 0.6) is 11.5 Å². The van der Waals surface area contributed by atoms with Gasteiger partial charge in [0, 0.05) is 18.0 Å². The number of nitrogens with one attached hydrogen (secondary N) is 1. The standard InChI is InChI=1S/C21H26N2O3/c1-26-18-9-5-8-17(24)19(18)20(25)23-14-21(12-10-16(22)11-13-21)15-6-3-2-4-7-15/h2-9,16,24H,10-14,22H2,1H3,(H,23,25). The first kappa shape index (κ1) is 18.3. The summed E-state index contributed by atoms with van der Waals surface area (Å²) in [6, 6.07) is 15.3. The van der Waals surface area contributed by atoms with Gasteiger partial charge in [-0.1, -0.05) is 36.4 Å². The second kappa shape index (κ2) is 7.79. The van der Waals surface area contributed by atoms with Gasteiger partial charge < -0.3 is 20.9 Å². The molecule has 138 valence electrons. The normalized spacial score (nSPS) is 22.6. The van der Waals surface area contributed by atoms with Crippen LogP contribution in [0.2, 0.25) is 0 Å². The quantitative estimate of drug-likeness (QED) is 0.771. The molecule has 5 nitrogen and oxygen atoms in total. The zero-order valence-corrected chi connectivity index (χ0v) is 15.1. The first-order valence-corrected chi connectivity index (χ1v) is 9.01. The molecule has 0 spiro atoms. The van der Waals surface area contributed by atoms with Gasteiger partial charge in [-0.3, -0.25) is 4.79 Å². The van der Waals surface area contributed by atoms with Gasteiger partial charge in [0.25, 0.3) is 5.91 Å². The van der Waals surface area contributed by atoms with Gasteiger partial charge in [0.15, 0.2) is 0 Å². The van der Waals surface area contributed by atoms with Gasteiger partial charge in [-0.25, -0.2) is 0 Å². The van der Waals surface area contributed by atoms with Crippen molar-refractivity contribution in [1.29, 1.82) is 0 Å². The Morgan fingerprint density at radius 2 is 1.88 bits per heavy atom. The third-order valence-electron chi connectivity index (χ3n) is 5.41. The molecular weight excluding hydrogens is 328 g/mol. The van der Waals surface area contributed by atoms with Crippen LogP contribution in [0.25, 0.3) is 0 Å². The predicted octanol–water partition coefficient (Wildman–Crippen LogP) is 2.97. The van der Waals surface area contributed by atoms with E-state index < -0.39 is 0 Å². The minimum Gasteiger partial charge on any atom is -0.507 e. The van der Waals surface area contributed by atoms with E-state index in [9.17, 15) is 9.90 Å². The number of phenols is 1. The lowest BCUT2D eigenvalue weighted by atomic mass is 9.68. The molecule has 0 radical (unpaired) electrons. The third kappa shape index (κ3) is 3.68. The Labute approximate surface area is 154 Å². The van der Waals surface area contributed by atoms with Crippen LogP contribution >= 0.6 is 0 Å². The fourth-order valence-corrected chi connectivity index (χ4v) is 3.81. The maximum absolute atomic E-state index is 12.7. The van der Waals surface area contributed by atoms with E-state index in [1.165, 1.54) is 18.7 Å². The van der Waals surface area contributed by atoms with Crippen LogP contribution in [0.15, 0.2) is 48.5 Å². The van der Waals surface area contributed by atoms with Gasteiger partial charge in [0.05, 0.1) is 7.11 Å². The number of phenolic OH excluding ortho intramolecular Hbond substituents is 1. The number of hydrogen-bond acceptors (Lipinski definition) is 4. The van der Waals surface area contributed by atoms with Crippen molar-refractivity contribution in [3.63, 3.8) is 0 Å². The van der Waals surface area contributed by atoms with Crippen molar-refractivity contribution in [1.82, 2.24) is 5.32 Å². The molecule has 2 aromatic carbocycles. The predicted molar refractivity (Wildman–Crippen MR) is 102 cm³/mol. The minimum absolute atomic E-state index is 0.0822. The van der Waals surface area contributed by atoms with E-state index in [2.05, 4.69) is 17.4 Å². The Kier molecular flexibility index (Phi) is 5.47. The van der Waals surface area contributed by atoms with Crippen LogP contribution in [0.3, 0.4) is 0 Å². The molecular formula is C21H26N2O3. The lowest BCUT2D eigenvalue weighted by molar-refractivity contribution is 0.0929. The first-order chi connectivity index (χ1) is 12.6. The maximum atomic E-state index is 12.7. The van der Waals surface area contributed by atoms with E-state index in [1.807, 2.05) is 18.2 Å².